The first-order chi connectivity index (χ1) is 13.4. The van der Waals surface area contributed by atoms with E-state index in [-0.39, 0.29) is 17.8 Å². The molecule has 3 heterocycles. The molecule has 0 saturated carbocycles. The molecule has 0 bridgehead atoms. The van der Waals surface area contributed by atoms with E-state index in [0.29, 0.717) is 22.1 Å². The first-order valence-corrected chi connectivity index (χ1v) is 10.1. The van der Waals surface area contributed by atoms with Crippen LogP contribution >= 0.6 is 15.9 Å². The predicted molar refractivity (Wildman–Crippen MR) is 109 cm³/mol. The topological polar surface area (TPSA) is 68.9 Å². The molecule has 1 amide bonds. The fourth-order valence-electron chi connectivity index (χ4n) is 3.69. The molecule has 3 aromatic rings. The van der Waals surface area contributed by atoms with Crippen LogP contribution in [0.2, 0.25) is 0 Å². The average Bonchev–Trinajstić information content (AvgIpc) is 2.81. The molecular weight excluding hydrogens is 427 g/mol. The molecule has 0 aliphatic carbocycles. The van der Waals surface area contributed by atoms with Crippen molar-refractivity contribution in [2.24, 2.45) is 0 Å². The molecule has 0 radical (unpaired) electrons. The van der Waals surface area contributed by atoms with Crippen LogP contribution in [0.15, 0.2) is 33.5 Å². The van der Waals surface area contributed by atoms with E-state index >= 15 is 0 Å². The van der Waals surface area contributed by atoms with Gasteiger partial charge in [-0.15, -0.1) is 0 Å². The lowest BCUT2D eigenvalue weighted by molar-refractivity contribution is -0.116. The van der Waals surface area contributed by atoms with Crippen molar-refractivity contribution in [3.8, 4) is 0 Å². The van der Waals surface area contributed by atoms with Gasteiger partial charge in [0, 0.05) is 23.1 Å². The molecule has 1 N–H and O–H groups in total. The SMILES string of the molecule is Cc1cc2nc3n(c(=O)c2n1CC(=O)Nc1ccc(Br)cc1F)CCCCC3. The Morgan fingerprint density at radius 3 is 2.89 bits per heavy atom. The Labute approximate surface area is 169 Å². The lowest BCUT2D eigenvalue weighted by atomic mass is 10.2. The minimum atomic E-state index is -0.524. The van der Waals surface area contributed by atoms with Crippen LogP contribution in [-0.4, -0.2) is 20.0 Å². The third kappa shape index (κ3) is 3.48. The van der Waals surface area contributed by atoms with E-state index in [4.69, 9.17) is 0 Å². The molecule has 1 aliphatic heterocycles. The maximum absolute atomic E-state index is 14.0. The molecule has 4 rings (SSSR count). The van der Waals surface area contributed by atoms with Gasteiger partial charge in [0.2, 0.25) is 5.91 Å². The maximum Gasteiger partial charge on any atom is 0.278 e. The summed E-state index contributed by atoms with van der Waals surface area (Å²) in [6.07, 6.45) is 3.84. The third-order valence-corrected chi connectivity index (χ3v) is 5.58. The van der Waals surface area contributed by atoms with Crippen LogP contribution in [0.1, 0.15) is 30.8 Å². The number of aryl methyl sites for hydroxylation is 2. The van der Waals surface area contributed by atoms with E-state index in [1.165, 1.54) is 12.1 Å². The molecule has 8 heteroatoms. The highest BCUT2D eigenvalue weighted by molar-refractivity contribution is 9.10. The van der Waals surface area contributed by atoms with Crippen molar-refractivity contribution in [3.05, 3.63) is 56.4 Å². The Kier molecular flexibility index (Phi) is 5.05. The minimum Gasteiger partial charge on any atom is -0.330 e. The van der Waals surface area contributed by atoms with E-state index in [1.54, 1.807) is 15.2 Å². The van der Waals surface area contributed by atoms with Gasteiger partial charge < -0.3 is 9.88 Å². The van der Waals surface area contributed by atoms with E-state index in [0.717, 1.165) is 37.2 Å². The minimum absolute atomic E-state index is 0.0822. The molecule has 0 spiro atoms. The summed E-state index contributed by atoms with van der Waals surface area (Å²) < 4.78 is 18.0. The second-order valence-corrected chi connectivity index (χ2v) is 7.99. The number of hydrogen-bond donors (Lipinski definition) is 1. The molecule has 0 atom stereocenters. The number of carbonyl (C=O) groups is 1. The number of nitrogens with one attached hydrogen (secondary N) is 1. The third-order valence-electron chi connectivity index (χ3n) is 5.08. The highest BCUT2D eigenvalue weighted by Crippen LogP contribution is 2.21. The summed E-state index contributed by atoms with van der Waals surface area (Å²) in [6, 6.07) is 6.27. The van der Waals surface area contributed by atoms with Gasteiger partial charge in [0.05, 0.1) is 11.2 Å². The van der Waals surface area contributed by atoms with Gasteiger partial charge in [-0.05, 0) is 44.0 Å². The van der Waals surface area contributed by atoms with Gasteiger partial charge in [-0.25, -0.2) is 9.37 Å². The van der Waals surface area contributed by atoms with Crippen LogP contribution in [-0.2, 0) is 24.3 Å². The predicted octanol–water partition coefficient (Wildman–Crippen LogP) is 3.77. The number of rotatable bonds is 3. The number of aromatic nitrogens is 3. The summed E-state index contributed by atoms with van der Waals surface area (Å²) in [5, 5.41) is 2.57. The van der Waals surface area contributed by atoms with Crippen molar-refractivity contribution in [1.29, 1.82) is 0 Å². The number of anilines is 1. The lowest BCUT2D eigenvalue weighted by Crippen LogP contribution is -2.28. The van der Waals surface area contributed by atoms with Gasteiger partial charge in [0.1, 0.15) is 23.7 Å². The Hall–Kier alpha value is -2.48. The zero-order valence-electron chi connectivity index (χ0n) is 15.5. The van der Waals surface area contributed by atoms with Crippen molar-refractivity contribution in [1.82, 2.24) is 14.1 Å². The second kappa shape index (κ2) is 7.50. The molecule has 1 aliphatic rings. The second-order valence-electron chi connectivity index (χ2n) is 7.07. The molecule has 0 saturated heterocycles. The molecule has 0 fully saturated rings. The molecule has 1 aromatic carbocycles. The number of fused-ring (bicyclic) bond motifs is 2. The van der Waals surface area contributed by atoms with Gasteiger partial charge in [0.15, 0.2) is 0 Å². The first-order valence-electron chi connectivity index (χ1n) is 9.28. The zero-order chi connectivity index (χ0) is 19.8. The monoisotopic (exact) mass is 446 g/mol. The van der Waals surface area contributed by atoms with Crippen molar-refractivity contribution in [2.45, 2.75) is 45.7 Å². The highest BCUT2D eigenvalue weighted by Gasteiger charge is 2.19. The number of carbonyl (C=O) groups excluding carboxylic acids is 1. The van der Waals surface area contributed by atoms with E-state index < -0.39 is 11.7 Å². The van der Waals surface area contributed by atoms with Crippen LogP contribution in [0.25, 0.3) is 11.0 Å². The molecule has 146 valence electrons. The van der Waals surface area contributed by atoms with Crippen molar-refractivity contribution in [2.75, 3.05) is 5.32 Å². The van der Waals surface area contributed by atoms with Gasteiger partial charge in [-0.3, -0.25) is 14.2 Å². The molecule has 6 nitrogen and oxygen atoms in total. The Morgan fingerprint density at radius 1 is 1.29 bits per heavy atom. The summed E-state index contributed by atoms with van der Waals surface area (Å²) in [5.41, 5.74) is 1.79. The Morgan fingerprint density at radius 2 is 2.11 bits per heavy atom. The zero-order valence-corrected chi connectivity index (χ0v) is 17.1. The molecule has 2 aromatic heterocycles. The smallest absolute Gasteiger partial charge is 0.278 e. The average molecular weight is 447 g/mol. The van der Waals surface area contributed by atoms with Gasteiger partial charge in [0.25, 0.3) is 5.56 Å². The van der Waals surface area contributed by atoms with Crippen LogP contribution < -0.4 is 10.9 Å². The van der Waals surface area contributed by atoms with Gasteiger partial charge in [-0.2, -0.15) is 0 Å². The van der Waals surface area contributed by atoms with Gasteiger partial charge in [-0.1, -0.05) is 22.4 Å². The van der Waals surface area contributed by atoms with Crippen molar-refractivity contribution >= 4 is 38.6 Å². The Balaban J connectivity index is 1.68. The standard InChI is InChI=1S/C20H20BrFN4O2/c1-12-9-16-19(20(28)25-8-4-2-3-5-17(25)23-16)26(12)11-18(27)24-15-7-6-13(21)10-14(15)22/h6-7,9-10H,2-5,8,11H2,1H3,(H,24,27). The fraction of sp³-hybridized carbons (Fsp3) is 0.350. The van der Waals surface area contributed by atoms with Crippen LogP contribution in [0.5, 0.6) is 0 Å². The van der Waals surface area contributed by atoms with Gasteiger partial charge >= 0.3 is 0 Å². The van der Waals surface area contributed by atoms with Crippen LogP contribution in [0.3, 0.4) is 0 Å². The first kappa shape index (κ1) is 18.9. The van der Waals surface area contributed by atoms with E-state index in [9.17, 15) is 14.0 Å². The van der Waals surface area contributed by atoms with Crippen molar-refractivity contribution < 1.29 is 9.18 Å². The summed E-state index contributed by atoms with van der Waals surface area (Å²) in [4.78, 5) is 30.3. The highest BCUT2D eigenvalue weighted by atomic mass is 79.9. The molecule has 28 heavy (non-hydrogen) atoms. The summed E-state index contributed by atoms with van der Waals surface area (Å²) >= 11 is 3.19. The Bertz CT molecular complexity index is 1140. The van der Waals surface area contributed by atoms with Crippen LogP contribution in [0, 0.1) is 12.7 Å². The lowest BCUT2D eigenvalue weighted by Gasteiger charge is -2.12. The van der Waals surface area contributed by atoms with Crippen LogP contribution in [0.4, 0.5) is 10.1 Å². The van der Waals surface area contributed by atoms with E-state index in [1.807, 2.05) is 13.0 Å². The largest absolute Gasteiger partial charge is 0.330 e. The summed E-state index contributed by atoms with van der Waals surface area (Å²) in [5.74, 6) is -0.112. The quantitative estimate of drug-likeness (QED) is 0.665. The number of amides is 1. The molecular formula is C20H20BrFN4O2. The van der Waals surface area contributed by atoms with Crippen molar-refractivity contribution in [3.63, 3.8) is 0 Å². The number of benzene rings is 1. The summed E-state index contributed by atoms with van der Waals surface area (Å²) in [7, 11) is 0. The number of hydrogen-bond acceptors (Lipinski definition) is 3. The fourth-order valence-corrected chi connectivity index (χ4v) is 4.03. The maximum atomic E-state index is 14.0. The number of nitrogens with zero attached hydrogens (tertiary/aromatic N) is 3. The van der Waals surface area contributed by atoms with E-state index in [2.05, 4.69) is 26.2 Å². The normalized spacial score (nSPS) is 14.0. The summed E-state index contributed by atoms with van der Waals surface area (Å²) in [6.45, 7) is 2.41. The molecule has 0 unspecified atom stereocenters. The number of halogens is 2.